The summed E-state index contributed by atoms with van der Waals surface area (Å²) < 4.78 is 5.00. The molecule has 1 atom stereocenters. The molecule has 1 fully saturated rings. The number of carbonyl (C=O) groups is 1. The Morgan fingerprint density at radius 3 is 3.10 bits per heavy atom. The molecule has 10 heavy (non-hydrogen) atoms. The van der Waals surface area contributed by atoms with Crippen molar-refractivity contribution in [3.8, 4) is 0 Å². The van der Waals surface area contributed by atoms with Crippen LogP contribution in [0.4, 0.5) is 0 Å². The van der Waals surface area contributed by atoms with Gasteiger partial charge in [-0.1, -0.05) is 0 Å². The molecule has 0 aromatic rings. The molecule has 0 aromatic heterocycles. The monoisotopic (exact) mass is 145 g/mol. The first-order chi connectivity index (χ1) is 4.80. The molecule has 4 nitrogen and oxygen atoms in total. The van der Waals surface area contributed by atoms with Gasteiger partial charge in [0.15, 0.2) is 6.10 Å². The van der Waals surface area contributed by atoms with Crippen LogP contribution in [0.2, 0.25) is 0 Å². The summed E-state index contributed by atoms with van der Waals surface area (Å²) in [5.74, 6) is -0.858. The summed E-state index contributed by atoms with van der Waals surface area (Å²) in [6.07, 6.45) is -0.0370. The normalized spacial score (nSPS) is 27.4. The molecule has 0 saturated carbocycles. The van der Waals surface area contributed by atoms with Crippen LogP contribution < -0.4 is 5.32 Å². The molecular weight excluding hydrogens is 134 g/mol. The van der Waals surface area contributed by atoms with Gasteiger partial charge in [-0.3, -0.25) is 0 Å². The van der Waals surface area contributed by atoms with E-state index < -0.39 is 12.1 Å². The Labute approximate surface area is 59.2 Å². The number of nitrogens with one attached hydrogen (secondary N) is 1. The van der Waals surface area contributed by atoms with E-state index in [1.54, 1.807) is 0 Å². The van der Waals surface area contributed by atoms with Crippen LogP contribution >= 0.6 is 0 Å². The van der Waals surface area contributed by atoms with Crippen molar-refractivity contribution in [3.05, 3.63) is 0 Å². The Bertz CT molecular complexity index is 118. The van der Waals surface area contributed by atoms with E-state index >= 15 is 0 Å². The third kappa shape index (κ3) is 1.97. The van der Waals surface area contributed by atoms with Gasteiger partial charge in [-0.05, 0) is 13.0 Å². The number of aliphatic carboxylic acids is 1. The molecule has 0 radical (unpaired) electrons. The number of carboxylic acid groups (broad SMARTS) is 1. The molecular formula is C6H11NO3. The summed E-state index contributed by atoms with van der Waals surface area (Å²) in [6.45, 7) is 1.98. The van der Waals surface area contributed by atoms with Crippen molar-refractivity contribution < 1.29 is 14.6 Å². The molecule has 1 aliphatic rings. The highest BCUT2D eigenvalue weighted by Crippen LogP contribution is 1.99. The number of hydrogen-bond acceptors (Lipinski definition) is 3. The van der Waals surface area contributed by atoms with Crippen LogP contribution in [-0.4, -0.2) is 36.9 Å². The topological polar surface area (TPSA) is 58.6 Å². The Balaban J connectivity index is 2.35. The summed E-state index contributed by atoms with van der Waals surface area (Å²) in [4.78, 5) is 10.4. The average Bonchev–Trinajstić information content (AvgIpc) is 2.12. The molecule has 58 valence electrons. The smallest absolute Gasteiger partial charge is 0.332 e. The molecule has 0 amide bonds. The number of hydrogen-bond donors (Lipinski definition) is 2. The number of rotatable bonds is 1. The molecule has 0 unspecified atom stereocenters. The Morgan fingerprint density at radius 1 is 1.60 bits per heavy atom. The zero-order chi connectivity index (χ0) is 7.40. The van der Waals surface area contributed by atoms with Crippen LogP contribution in [-0.2, 0) is 9.53 Å². The maximum Gasteiger partial charge on any atom is 0.332 e. The molecule has 0 aromatic carbocycles. The van der Waals surface area contributed by atoms with Crippen LogP contribution in [0.1, 0.15) is 6.42 Å². The maximum atomic E-state index is 10.4. The second-order valence-electron chi connectivity index (χ2n) is 2.24. The minimum Gasteiger partial charge on any atom is -0.479 e. The fraction of sp³-hybridized carbons (Fsp3) is 0.833. The first-order valence-corrected chi connectivity index (χ1v) is 3.36. The summed E-state index contributed by atoms with van der Waals surface area (Å²) in [6, 6.07) is 0. The van der Waals surface area contributed by atoms with Crippen LogP contribution in [0.5, 0.6) is 0 Å². The molecule has 1 aliphatic heterocycles. The second-order valence-corrected chi connectivity index (χ2v) is 2.24. The second kappa shape index (κ2) is 3.53. The molecule has 0 spiro atoms. The Kier molecular flexibility index (Phi) is 2.65. The largest absolute Gasteiger partial charge is 0.479 e. The summed E-state index contributed by atoms with van der Waals surface area (Å²) in [5, 5.41) is 11.6. The van der Waals surface area contributed by atoms with Crippen molar-refractivity contribution in [1.82, 2.24) is 5.32 Å². The third-order valence-corrected chi connectivity index (χ3v) is 1.46. The average molecular weight is 145 g/mol. The first kappa shape index (κ1) is 7.50. The van der Waals surface area contributed by atoms with Gasteiger partial charge in [-0.2, -0.15) is 0 Å². The van der Waals surface area contributed by atoms with Crippen LogP contribution in [0.15, 0.2) is 0 Å². The minimum absolute atomic E-state index is 0.497. The molecule has 1 saturated heterocycles. The Morgan fingerprint density at radius 2 is 2.40 bits per heavy atom. The summed E-state index contributed by atoms with van der Waals surface area (Å²) >= 11 is 0. The van der Waals surface area contributed by atoms with Gasteiger partial charge in [0.2, 0.25) is 0 Å². The zero-order valence-corrected chi connectivity index (χ0v) is 5.67. The summed E-state index contributed by atoms with van der Waals surface area (Å²) in [5.41, 5.74) is 0. The molecule has 2 N–H and O–H groups in total. The highest BCUT2D eigenvalue weighted by atomic mass is 16.5. The third-order valence-electron chi connectivity index (χ3n) is 1.46. The van der Waals surface area contributed by atoms with E-state index in [1.807, 2.05) is 0 Å². The van der Waals surface area contributed by atoms with Gasteiger partial charge in [0.25, 0.3) is 0 Å². The van der Waals surface area contributed by atoms with Crippen molar-refractivity contribution >= 4 is 5.97 Å². The lowest BCUT2D eigenvalue weighted by Crippen LogP contribution is -2.24. The molecule has 1 heterocycles. The predicted molar refractivity (Wildman–Crippen MR) is 34.9 cm³/mol. The molecule has 0 bridgehead atoms. The minimum atomic E-state index is -0.858. The SMILES string of the molecule is O=C(O)[C@@H]1CCNCCO1. The van der Waals surface area contributed by atoms with Gasteiger partial charge in [-0.25, -0.2) is 4.79 Å². The fourth-order valence-corrected chi connectivity index (χ4v) is 0.910. The van der Waals surface area contributed by atoms with E-state index in [0.29, 0.717) is 13.0 Å². The zero-order valence-electron chi connectivity index (χ0n) is 5.67. The van der Waals surface area contributed by atoms with E-state index in [-0.39, 0.29) is 0 Å². The lowest BCUT2D eigenvalue weighted by atomic mass is 10.2. The van der Waals surface area contributed by atoms with Crippen molar-refractivity contribution in [3.63, 3.8) is 0 Å². The van der Waals surface area contributed by atoms with Crippen LogP contribution in [0.3, 0.4) is 0 Å². The number of carboxylic acids is 1. The molecule has 1 rings (SSSR count). The number of ether oxygens (including phenoxy) is 1. The van der Waals surface area contributed by atoms with Gasteiger partial charge < -0.3 is 15.2 Å². The van der Waals surface area contributed by atoms with E-state index in [4.69, 9.17) is 9.84 Å². The van der Waals surface area contributed by atoms with E-state index in [9.17, 15) is 4.79 Å². The Hall–Kier alpha value is -0.610. The van der Waals surface area contributed by atoms with Crippen molar-refractivity contribution in [2.45, 2.75) is 12.5 Å². The molecule has 0 aliphatic carbocycles. The summed E-state index contributed by atoms with van der Waals surface area (Å²) in [7, 11) is 0. The van der Waals surface area contributed by atoms with Gasteiger partial charge >= 0.3 is 5.97 Å². The van der Waals surface area contributed by atoms with E-state index in [1.165, 1.54) is 0 Å². The van der Waals surface area contributed by atoms with Gasteiger partial charge in [-0.15, -0.1) is 0 Å². The highest BCUT2D eigenvalue weighted by Gasteiger charge is 2.18. The van der Waals surface area contributed by atoms with Gasteiger partial charge in [0.05, 0.1) is 6.61 Å². The highest BCUT2D eigenvalue weighted by molar-refractivity contribution is 5.72. The van der Waals surface area contributed by atoms with Crippen molar-refractivity contribution in [1.29, 1.82) is 0 Å². The quantitative estimate of drug-likeness (QED) is 0.519. The van der Waals surface area contributed by atoms with E-state index in [2.05, 4.69) is 5.32 Å². The standard InChI is InChI=1S/C6H11NO3/c8-6(9)5-1-2-7-3-4-10-5/h5,7H,1-4H2,(H,8,9)/t5-/m0/s1. The van der Waals surface area contributed by atoms with E-state index in [0.717, 1.165) is 13.1 Å². The van der Waals surface area contributed by atoms with Crippen LogP contribution in [0.25, 0.3) is 0 Å². The first-order valence-electron chi connectivity index (χ1n) is 3.36. The van der Waals surface area contributed by atoms with Gasteiger partial charge in [0, 0.05) is 6.54 Å². The molecule has 4 heteroatoms. The predicted octanol–water partition coefficient (Wildman–Crippen LogP) is -0.551. The van der Waals surface area contributed by atoms with Crippen LogP contribution in [0, 0.1) is 0 Å². The van der Waals surface area contributed by atoms with Gasteiger partial charge in [0.1, 0.15) is 0 Å². The van der Waals surface area contributed by atoms with Crippen molar-refractivity contribution in [2.24, 2.45) is 0 Å². The fourth-order valence-electron chi connectivity index (χ4n) is 0.910. The van der Waals surface area contributed by atoms with Crippen molar-refractivity contribution in [2.75, 3.05) is 19.7 Å². The lowest BCUT2D eigenvalue weighted by Gasteiger charge is -2.06. The maximum absolute atomic E-state index is 10.4. The lowest BCUT2D eigenvalue weighted by molar-refractivity contribution is -0.149.